The third kappa shape index (κ3) is 2.16. The van der Waals surface area contributed by atoms with Crippen molar-refractivity contribution in [2.75, 3.05) is 4.90 Å². The van der Waals surface area contributed by atoms with E-state index in [1.807, 2.05) is 48.5 Å². The van der Waals surface area contributed by atoms with Crippen LogP contribution in [0.25, 0.3) is 0 Å². The molecule has 158 valence electrons. The Hall–Kier alpha value is -2.77. The minimum Gasteiger partial charge on any atom is -0.545 e. The summed E-state index contributed by atoms with van der Waals surface area (Å²) >= 11 is 7.88. The molecule has 0 N–H and O–H groups in total. The molecule has 0 radical (unpaired) electrons. The predicted octanol–water partition coefficient (Wildman–Crippen LogP) is 3.46. The quantitative estimate of drug-likeness (QED) is 0.361. The molecule has 3 aromatic carbocycles. The minimum absolute atomic E-state index is 0.0883. The number of carbonyl (C=O) groups is 3. The summed E-state index contributed by atoms with van der Waals surface area (Å²) in [5, 5.41) is 11.4. The first-order valence-corrected chi connectivity index (χ1v) is 11.7. The fourth-order valence-electron chi connectivity index (χ4n) is 5.69. The first kappa shape index (κ1) is 19.9. The van der Waals surface area contributed by atoms with Crippen LogP contribution in [0, 0.1) is 11.8 Å². The second-order valence-corrected chi connectivity index (χ2v) is 10.8. The van der Waals surface area contributed by atoms with Gasteiger partial charge in [0, 0.05) is 0 Å². The molecule has 1 fully saturated rings. The normalized spacial score (nSPS) is 29.5. The number of benzene rings is 3. The number of alkyl halides is 2. The molecule has 2 bridgehead atoms. The van der Waals surface area contributed by atoms with Crippen molar-refractivity contribution < 1.29 is 19.5 Å². The topological polar surface area (TPSA) is 77.5 Å². The molecule has 0 unspecified atom stereocenters. The van der Waals surface area contributed by atoms with Gasteiger partial charge in [0.2, 0.25) is 11.8 Å². The molecule has 32 heavy (non-hydrogen) atoms. The van der Waals surface area contributed by atoms with Gasteiger partial charge in [0.05, 0.1) is 32.1 Å². The predicted molar refractivity (Wildman–Crippen MR) is 123 cm³/mol. The lowest BCUT2D eigenvalue weighted by Gasteiger charge is -2.55. The van der Waals surface area contributed by atoms with Crippen LogP contribution in [0.5, 0.6) is 0 Å². The Labute approximate surface area is 200 Å². The molecule has 0 saturated carbocycles. The molecular formula is C25H14Br2NO4-. The van der Waals surface area contributed by atoms with Crippen molar-refractivity contribution in [2.45, 2.75) is 8.65 Å². The SMILES string of the molecule is O=C([O-])c1cccc(N2C(=O)[C@@H]3[C@H](C2=O)C2(Br)c4ccccc4C3(Br)c3ccccc32)c1. The Morgan fingerprint density at radius 3 is 1.59 bits per heavy atom. The van der Waals surface area contributed by atoms with Crippen molar-refractivity contribution in [3.63, 3.8) is 0 Å². The van der Waals surface area contributed by atoms with Gasteiger partial charge in [0.25, 0.3) is 0 Å². The summed E-state index contributed by atoms with van der Waals surface area (Å²) < 4.78 is -1.76. The molecule has 5 nitrogen and oxygen atoms in total. The largest absolute Gasteiger partial charge is 0.545 e. The van der Waals surface area contributed by atoms with Crippen molar-refractivity contribution >= 4 is 55.3 Å². The van der Waals surface area contributed by atoms with Gasteiger partial charge in [-0.25, -0.2) is 4.90 Å². The fraction of sp³-hybridized carbons (Fsp3) is 0.160. The van der Waals surface area contributed by atoms with Crippen LogP contribution in [0.2, 0.25) is 0 Å². The summed E-state index contributed by atoms with van der Waals surface area (Å²) in [6.45, 7) is 0. The van der Waals surface area contributed by atoms with Gasteiger partial charge in [-0.2, -0.15) is 0 Å². The summed E-state index contributed by atoms with van der Waals surface area (Å²) in [6.07, 6.45) is 0. The number of carboxylic acids is 1. The van der Waals surface area contributed by atoms with Crippen LogP contribution in [0.3, 0.4) is 0 Å². The van der Waals surface area contributed by atoms with Crippen LogP contribution in [0.4, 0.5) is 5.69 Å². The maximum atomic E-state index is 13.9. The van der Waals surface area contributed by atoms with Crippen LogP contribution in [-0.2, 0) is 18.2 Å². The number of anilines is 1. The smallest absolute Gasteiger partial charge is 0.239 e. The van der Waals surface area contributed by atoms with E-state index in [2.05, 4.69) is 31.9 Å². The third-order valence-corrected chi connectivity index (χ3v) is 9.62. The Morgan fingerprint density at radius 2 is 1.19 bits per heavy atom. The van der Waals surface area contributed by atoms with E-state index in [-0.39, 0.29) is 23.1 Å². The zero-order chi connectivity index (χ0) is 22.4. The highest BCUT2D eigenvalue weighted by molar-refractivity contribution is 9.10. The zero-order valence-electron chi connectivity index (χ0n) is 16.4. The molecule has 0 aromatic heterocycles. The summed E-state index contributed by atoms with van der Waals surface area (Å²) in [6, 6.07) is 21.4. The van der Waals surface area contributed by atoms with Gasteiger partial charge in [-0.1, -0.05) is 92.5 Å². The maximum absolute atomic E-state index is 13.9. The Kier molecular flexibility index (Phi) is 3.97. The Morgan fingerprint density at radius 1 is 0.750 bits per heavy atom. The lowest BCUT2D eigenvalue weighted by Crippen LogP contribution is -2.56. The highest BCUT2D eigenvalue weighted by Gasteiger charge is 2.72. The number of rotatable bonds is 2. The molecule has 4 aliphatic rings. The van der Waals surface area contributed by atoms with Gasteiger partial charge < -0.3 is 9.90 Å². The number of imide groups is 1. The molecule has 3 aliphatic carbocycles. The van der Waals surface area contributed by atoms with E-state index in [0.717, 1.165) is 27.2 Å². The summed E-state index contributed by atoms with van der Waals surface area (Å²) in [4.78, 5) is 40.3. The highest BCUT2D eigenvalue weighted by Crippen LogP contribution is 2.70. The number of amides is 2. The van der Waals surface area contributed by atoms with E-state index < -0.39 is 26.5 Å². The van der Waals surface area contributed by atoms with E-state index >= 15 is 0 Å². The minimum atomic E-state index is -1.36. The van der Waals surface area contributed by atoms with Crippen molar-refractivity contribution in [3.8, 4) is 0 Å². The molecular weight excluding hydrogens is 538 g/mol. The van der Waals surface area contributed by atoms with Crippen molar-refractivity contribution in [1.82, 2.24) is 0 Å². The molecule has 2 atom stereocenters. The van der Waals surface area contributed by atoms with Crippen molar-refractivity contribution in [2.24, 2.45) is 11.8 Å². The maximum Gasteiger partial charge on any atom is 0.239 e. The van der Waals surface area contributed by atoms with E-state index in [9.17, 15) is 19.5 Å². The number of carboxylic acid groups (broad SMARTS) is 1. The van der Waals surface area contributed by atoms with Gasteiger partial charge in [0.1, 0.15) is 0 Å². The standard InChI is InChI=1S/C25H15Br2NO4/c26-24-15-8-1-2-9-16(15)25(27,18-11-4-3-10-17(18)24)20-19(24)21(29)28(22(20)30)14-7-5-6-13(12-14)23(31)32/h1-12,19-20H,(H,31,32)/p-1/t19-,20+,24?,25?. The molecule has 3 aromatic rings. The Balaban J connectivity index is 1.63. The van der Waals surface area contributed by atoms with Gasteiger partial charge in [-0.05, 0) is 39.9 Å². The van der Waals surface area contributed by atoms with E-state index in [1.54, 1.807) is 6.07 Å². The monoisotopic (exact) mass is 550 g/mol. The average Bonchev–Trinajstić information content (AvgIpc) is 3.08. The van der Waals surface area contributed by atoms with Gasteiger partial charge in [-0.15, -0.1) is 0 Å². The van der Waals surface area contributed by atoms with Crippen molar-refractivity contribution in [3.05, 3.63) is 101 Å². The number of halogens is 2. The molecule has 0 spiro atoms. The van der Waals surface area contributed by atoms with E-state index in [0.29, 0.717) is 0 Å². The first-order valence-electron chi connectivity index (χ1n) is 10.1. The molecule has 7 rings (SSSR count). The number of nitrogens with zero attached hydrogens (tertiary/aromatic N) is 1. The molecule has 7 heteroatoms. The second kappa shape index (κ2) is 6.39. The summed E-state index contributed by atoms with van der Waals surface area (Å²) in [5.41, 5.74) is 3.93. The molecule has 1 aliphatic heterocycles. The lowest BCUT2D eigenvalue weighted by molar-refractivity contribution is -0.255. The lowest BCUT2D eigenvalue weighted by atomic mass is 9.54. The highest BCUT2D eigenvalue weighted by atomic mass is 79.9. The first-order chi connectivity index (χ1) is 15.3. The zero-order valence-corrected chi connectivity index (χ0v) is 19.6. The molecule has 1 heterocycles. The third-order valence-electron chi connectivity index (χ3n) is 6.93. The van der Waals surface area contributed by atoms with Crippen LogP contribution < -0.4 is 10.0 Å². The average molecular weight is 552 g/mol. The number of carbonyl (C=O) groups excluding carboxylic acids is 3. The number of hydrogen-bond acceptors (Lipinski definition) is 4. The van der Waals surface area contributed by atoms with Crippen LogP contribution in [-0.4, -0.2) is 17.8 Å². The van der Waals surface area contributed by atoms with Crippen LogP contribution in [0.15, 0.2) is 72.8 Å². The number of aromatic carboxylic acids is 1. The van der Waals surface area contributed by atoms with Gasteiger partial charge >= 0.3 is 0 Å². The van der Waals surface area contributed by atoms with Gasteiger partial charge in [0.15, 0.2) is 0 Å². The fourth-order valence-corrected chi connectivity index (χ4v) is 8.00. The Bertz CT molecular complexity index is 1250. The van der Waals surface area contributed by atoms with Crippen molar-refractivity contribution in [1.29, 1.82) is 0 Å². The summed E-state index contributed by atoms with van der Waals surface area (Å²) in [5.74, 6) is -3.49. The summed E-state index contributed by atoms with van der Waals surface area (Å²) in [7, 11) is 0. The van der Waals surface area contributed by atoms with Crippen LogP contribution in [0.1, 0.15) is 32.6 Å². The molecule has 2 amide bonds. The van der Waals surface area contributed by atoms with E-state index in [4.69, 9.17) is 0 Å². The molecule has 1 saturated heterocycles. The van der Waals surface area contributed by atoms with Crippen LogP contribution >= 0.6 is 31.9 Å². The number of hydrogen-bond donors (Lipinski definition) is 0. The van der Waals surface area contributed by atoms with Gasteiger partial charge in [-0.3, -0.25) is 9.59 Å². The second-order valence-electron chi connectivity index (χ2n) is 8.32. The van der Waals surface area contributed by atoms with E-state index in [1.165, 1.54) is 18.2 Å².